The van der Waals surface area contributed by atoms with Gasteiger partial charge in [0.15, 0.2) is 6.17 Å². The van der Waals surface area contributed by atoms with E-state index in [4.69, 9.17) is 14.4 Å². The lowest BCUT2D eigenvalue weighted by Crippen LogP contribution is -2.36. The van der Waals surface area contributed by atoms with E-state index in [0.717, 1.165) is 67.0 Å². The van der Waals surface area contributed by atoms with E-state index in [1.807, 2.05) is 36.4 Å². The van der Waals surface area contributed by atoms with Crippen molar-refractivity contribution < 1.29 is 4.42 Å². The average molecular weight is 680 g/mol. The number of nitrogens with one attached hydrogen (secondary N) is 1. The Labute approximate surface area is 307 Å². The number of amidine groups is 2. The Morgan fingerprint density at radius 1 is 0.396 bits per heavy atom. The number of benzene rings is 8. The molecule has 4 heteroatoms. The zero-order valence-electron chi connectivity index (χ0n) is 28.8. The van der Waals surface area contributed by atoms with Crippen LogP contribution in [-0.2, 0) is 0 Å². The Morgan fingerprint density at radius 2 is 1.04 bits per heavy atom. The molecule has 4 nitrogen and oxygen atoms in total. The first-order chi connectivity index (χ1) is 26.3. The van der Waals surface area contributed by atoms with Crippen LogP contribution in [0.15, 0.2) is 202 Å². The van der Waals surface area contributed by atoms with Crippen LogP contribution in [0.25, 0.3) is 66.1 Å². The SMILES string of the molecule is c1ccc(C2=NC(c3cccc4oc5ccc(-c6ccccc6)cc5c34)N=C(c3ccc(-c4ccccc4)c(-c4cccc5ccccc45)c3)N2)cc1. The largest absolute Gasteiger partial charge is 0.456 e. The van der Waals surface area contributed by atoms with Crippen LogP contribution in [0, 0.1) is 0 Å². The van der Waals surface area contributed by atoms with Crippen molar-refractivity contribution in [2.24, 2.45) is 9.98 Å². The minimum Gasteiger partial charge on any atom is -0.456 e. The van der Waals surface area contributed by atoms with Crippen LogP contribution >= 0.6 is 0 Å². The van der Waals surface area contributed by atoms with Gasteiger partial charge in [0.05, 0.1) is 0 Å². The minimum atomic E-state index is -0.513. The minimum absolute atomic E-state index is 0.513. The maximum Gasteiger partial charge on any atom is 0.170 e. The molecule has 1 aliphatic heterocycles. The molecule has 8 aromatic carbocycles. The first-order valence-electron chi connectivity index (χ1n) is 17.9. The van der Waals surface area contributed by atoms with Crippen molar-refractivity contribution in [2.75, 3.05) is 0 Å². The molecule has 0 saturated heterocycles. The molecule has 1 unspecified atom stereocenters. The highest BCUT2D eigenvalue weighted by Gasteiger charge is 2.25. The summed E-state index contributed by atoms with van der Waals surface area (Å²) in [6.45, 7) is 0. The topological polar surface area (TPSA) is 49.9 Å². The van der Waals surface area contributed by atoms with Gasteiger partial charge in [-0.25, -0.2) is 9.98 Å². The van der Waals surface area contributed by atoms with Crippen LogP contribution in [-0.4, -0.2) is 11.7 Å². The molecule has 0 fully saturated rings. The Balaban J connectivity index is 1.17. The van der Waals surface area contributed by atoms with Crippen LogP contribution in [0.1, 0.15) is 22.9 Å². The third kappa shape index (κ3) is 5.58. The fourth-order valence-electron chi connectivity index (χ4n) is 7.60. The Bertz CT molecular complexity index is 2850. The first kappa shape index (κ1) is 30.8. The number of fused-ring (bicyclic) bond motifs is 4. The van der Waals surface area contributed by atoms with E-state index in [1.165, 1.54) is 27.5 Å². The second-order valence-electron chi connectivity index (χ2n) is 13.4. The lowest BCUT2D eigenvalue weighted by Gasteiger charge is -2.23. The maximum atomic E-state index is 6.44. The van der Waals surface area contributed by atoms with Crippen molar-refractivity contribution >= 4 is 44.4 Å². The lowest BCUT2D eigenvalue weighted by molar-refractivity contribution is 0.667. The summed E-state index contributed by atoms with van der Waals surface area (Å²) in [5.74, 6) is 1.54. The van der Waals surface area contributed by atoms with Crippen LogP contribution in [0.3, 0.4) is 0 Å². The van der Waals surface area contributed by atoms with Crippen LogP contribution in [0.5, 0.6) is 0 Å². The number of rotatable bonds is 6. The third-order valence-electron chi connectivity index (χ3n) is 10.2. The summed E-state index contributed by atoms with van der Waals surface area (Å²) in [6.07, 6.45) is -0.513. The highest BCUT2D eigenvalue weighted by Crippen LogP contribution is 2.40. The van der Waals surface area contributed by atoms with E-state index in [2.05, 4.69) is 157 Å². The van der Waals surface area contributed by atoms with Gasteiger partial charge in [-0.1, -0.05) is 164 Å². The summed E-state index contributed by atoms with van der Waals surface area (Å²) in [6, 6.07) is 65.8. The number of hydrogen-bond donors (Lipinski definition) is 1. The Morgan fingerprint density at radius 3 is 1.83 bits per heavy atom. The molecular weight excluding hydrogens is 647 g/mol. The van der Waals surface area contributed by atoms with Gasteiger partial charge in [-0.05, 0) is 68.4 Å². The van der Waals surface area contributed by atoms with E-state index in [0.29, 0.717) is 0 Å². The lowest BCUT2D eigenvalue weighted by atomic mass is 9.90. The second-order valence-corrected chi connectivity index (χ2v) is 13.4. The predicted molar refractivity (Wildman–Crippen MR) is 219 cm³/mol. The van der Waals surface area contributed by atoms with Crippen molar-refractivity contribution in [3.63, 3.8) is 0 Å². The molecule has 9 aromatic rings. The summed E-state index contributed by atoms with van der Waals surface area (Å²) in [7, 11) is 0. The monoisotopic (exact) mass is 679 g/mol. The molecule has 1 atom stereocenters. The summed E-state index contributed by atoms with van der Waals surface area (Å²) in [4.78, 5) is 10.7. The van der Waals surface area contributed by atoms with Crippen molar-refractivity contribution in [3.05, 3.63) is 205 Å². The van der Waals surface area contributed by atoms with Crippen molar-refractivity contribution in [1.29, 1.82) is 0 Å². The summed E-state index contributed by atoms with van der Waals surface area (Å²) in [5.41, 5.74) is 11.6. The predicted octanol–water partition coefficient (Wildman–Crippen LogP) is 12.2. The van der Waals surface area contributed by atoms with E-state index >= 15 is 0 Å². The van der Waals surface area contributed by atoms with Gasteiger partial charge in [0, 0.05) is 27.5 Å². The average Bonchev–Trinajstić information content (AvgIpc) is 3.62. The fraction of sp³-hybridized carbons (Fsp3) is 0.0204. The smallest absolute Gasteiger partial charge is 0.170 e. The van der Waals surface area contributed by atoms with Gasteiger partial charge < -0.3 is 9.73 Å². The highest BCUT2D eigenvalue weighted by molar-refractivity contribution is 6.17. The molecule has 0 amide bonds. The van der Waals surface area contributed by atoms with E-state index in [1.54, 1.807) is 0 Å². The normalized spacial score (nSPS) is 14.2. The fourth-order valence-corrected chi connectivity index (χ4v) is 7.60. The molecule has 0 bridgehead atoms. The van der Waals surface area contributed by atoms with Gasteiger partial charge in [0.1, 0.15) is 22.8 Å². The van der Waals surface area contributed by atoms with Gasteiger partial charge in [0.25, 0.3) is 0 Å². The van der Waals surface area contributed by atoms with Crippen LogP contribution in [0.2, 0.25) is 0 Å². The molecule has 0 aliphatic carbocycles. The standard InChI is InChI=1S/C49H33N3O/c1-4-14-32(15-5-1)36-27-29-44-43(30-36)46-41(24-13-25-45(46)53-44)49-51-47(35-19-8-3-9-20-35)50-48(52-49)37-26-28-39(33-16-6-2-7-17-33)42(31-37)40-23-12-21-34-18-10-11-22-38(34)40/h1-31,49H,(H,50,51,52). The second kappa shape index (κ2) is 12.9. The molecule has 0 spiro atoms. The van der Waals surface area contributed by atoms with Gasteiger partial charge in [-0.15, -0.1) is 0 Å². The zero-order chi connectivity index (χ0) is 35.1. The molecule has 0 saturated carbocycles. The van der Waals surface area contributed by atoms with Crippen molar-refractivity contribution in [3.8, 4) is 33.4 Å². The number of nitrogens with zero attached hydrogens (tertiary/aromatic N) is 2. The molecule has 1 N–H and O–H groups in total. The van der Waals surface area contributed by atoms with Crippen LogP contribution in [0.4, 0.5) is 0 Å². The maximum absolute atomic E-state index is 6.44. The quantitative estimate of drug-likeness (QED) is 0.190. The Kier molecular flexibility index (Phi) is 7.51. The van der Waals surface area contributed by atoms with E-state index in [9.17, 15) is 0 Å². The molecule has 250 valence electrons. The number of hydrogen-bond acceptors (Lipinski definition) is 4. The molecule has 1 aromatic heterocycles. The van der Waals surface area contributed by atoms with Gasteiger partial charge in [-0.2, -0.15) is 0 Å². The Hall–Kier alpha value is -7.04. The van der Waals surface area contributed by atoms with Crippen LogP contribution < -0.4 is 5.32 Å². The number of aliphatic imine (C=N–C) groups is 2. The van der Waals surface area contributed by atoms with Crippen molar-refractivity contribution in [1.82, 2.24) is 5.32 Å². The summed E-state index contributed by atoms with van der Waals surface area (Å²) >= 11 is 0. The number of furan rings is 1. The highest BCUT2D eigenvalue weighted by atomic mass is 16.3. The summed E-state index contributed by atoms with van der Waals surface area (Å²) in [5, 5.41) is 8.14. The molecule has 1 aliphatic rings. The van der Waals surface area contributed by atoms with Gasteiger partial charge in [0.2, 0.25) is 0 Å². The third-order valence-corrected chi connectivity index (χ3v) is 10.2. The molecule has 0 radical (unpaired) electrons. The summed E-state index contributed by atoms with van der Waals surface area (Å²) < 4.78 is 6.44. The molecular formula is C49H33N3O. The molecule has 10 rings (SSSR count). The van der Waals surface area contributed by atoms with E-state index < -0.39 is 6.17 Å². The van der Waals surface area contributed by atoms with Crippen molar-refractivity contribution in [2.45, 2.75) is 6.17 Å². The first-order valence-corrected chi connectivity index (χ1v) is 17.9. The van der Waals surface area contributed by atoms with Gasteiger partial charge >= 0.3 is 0 Å². The van der Waals surface area contributed by atoms with Gasteiger partial charge in [-0.3, -0.25) is 0 Å². The zero-order valence-corrected chi connectivity index (χ0v) is 28.8. The molecule has 2 heterocycles. The molecule has 53 heavy (non-hydrogen) atoms. The van der Waals surface area contributed by atoms with E-state index in [-0.39, 0.29) is 0 Å².